The largest absolute Gasteiger partial charge is 0.433 e. The van der Waals surface area contributed by atoms with Gasteiger partial charge in [-0.2, -0.15) is 13.2 Å². The molecule has 18 heavy (non-hydrogen) atoms. The van der Waals surface area contributed by atoms with Crippen molar-refractivity contribution >= 4 is 17.7 Å². The van der Waals surface area contributed by atoms with Crippen LogP contribution < -0.4 is 5.32 Å². The molecule has 0 aliphatic rings. The number of rotatable bonds is 6. The van der Waals surface area contributed by atoms with Gasteiger partial charge in [0.1, 0.15) is 5.03 Å². The molecule has 1 aromatic heterocycles. The van der Waals surface area contributed by atoms with Crippen molar-refractivity contribution in [1.82, 2.24) is 9.97 Å². The second-order valence-corrected chi connectivity index (χ2v) is 4.48. The Labute approximate surface area is 107 Å². The molecule has 8 heteroatoms. The van der Waals surface area contributed by atoms with Gasteiger partial charge in [-0.1, -0.05) is 0 Å². The van der Waals surface area contributed by atoms with Gasteiger partial charge in [0.05, 0.1) is 0 Å². The fraction of sp³-hybridized carbons (Fsp3) is 0.600. The Kier molecular flexibility index (Phi) is 5.67. The molecular formula is C10H14F3N3OS. The molecule has 2 N–H and O–H groups in total. The van der Waals surface area contributed by atoms with E-state index in [0.717, 1.165) is 17.8 Å². The van der Waals surface area contributed by atoms with Crippen LogP contribution in [0.1, 0.15) is 19.0 Å². The number of hydrogen-bond donors (Lipinski definition) is 2. The molecule has 1 heterocycles. The fourth-order valence-electron chi connectivity index (χ4n) is 1.12. The first-order chi connectivity index (χ1) is 8.47. The molecule has 0 fully saturated rings. The molecule has 0 unspecified atom stereocenters. The van der Waals surface area contributed by atoms with E-state index in [9.17, 15) is 13.2 Å². The number of halogens is 3. The van der Waals surface area contributed by atoms with Crippen LogP contribution in [0, 0.1) is 0 Å². The Morgan fingerprint density at radius 1 is 1.39 bits per heavy atom. The highest BCUT2D eigenvalue weighted by atomic mass is 32.2. The van der Waals surface area contributed by atoms with Crippen molar-refractivity contribution < 1.29 is 18.3 Å². The average molecular weight is 281 g/mol. The highest BCUT2D eigenvalue weighted by molar-refractivity contribution is 7.99. The minimum atomic E-state index is -4.49. The van der Waals surface area contributed by atoms with E-state index < -0.39 is 11.9 Å². The van der Waals surface area contributed by atoms with E-state index in [1.165, 1.54) is 0 Å². The summed E-state index contributed by atoms with van der Waals surface area (Å²) in [6.07, 6.45) is -3.98. The van der Waals surface area contributed by atoms with Crippen molar-refractivity contribution in [3.63, 3.8) is 0 Å². The normalized spacial score (nSPS) is 11.6. The van der Waals surface area contributed by atoms with Crippen molar-refractivity contribution in [1.29, 1.82) is 0 Å². The van der Waals surface area contributed by atoms with Crippen LogP contribution in [0.5, 0.6) is 0 Å². The lowest BCUT2D eigenvalue weighted by Crippen LogP contribution is -2.12. The minimum absolute atomic E-state index is 0.00424. The summed E-state index contributed by atoms with van der Waals surface area (Å²) in [6, 6.07) is 0.920. The van der Waals surface area contributed by atoms with Crippen LogP contribution >= 0.6 is 11.8 Å². The van der Waals surface area contributed by atoms with E-state index in [1.54, 1.807) is 6.92 Å². The molecule has 0 aliphatic carbocycles. The summed E-state index contributed by atoms with van der Waals surface area (Å²) in [5, 5.41) is 11.5. The van der Waals surface area contributed by atoms with E-state index in [4.69, 9.17) is 5.11 Å². The van der Waals surface area contributed by atoms with Crippen LogP contribution in [-0.2, 0) is 6.18 Å². The van der Waals surface area contributed by atoms with Crippen molar-refractivity contribution in [2.75, 3.05) is 24.2 Å². The molecule has 1 aromatic rings. The third-order valence-electron chi connectivity index (χ3n) is 1.88. The molecule has 0 aromatic carbocycles. The summed E-state index contributed by atoms with van der Waals surface area (Å²) in [7, 11) is 0. The van der Waals surface area contributed by atoms with E-state index in [1.807, 2.05) is 0 Å². The molecule has 4 nitrogen and oxygen atoms in total. The summed E-state index contributed by atoms with van der Waals surface area (Å²) in [6.45, 7) is 2.20. The first-order valence-electron chi connectivity index (χ1n) is 5.41. The first-order valence-corrected chi connectivity index (χ1v) is 6.39. The summed E-state index contributed by atoms with van der Waals surface area (Å²) in [4.78, 5) is 7.38. The minimum Gasteiger partial charge on any atom is -0.396 e. The van der Waals surface area contributed by atoms with Crippen molar-refractivity contribution in [3.8, 4) is 0 Å². The molecule has 0 bridgehead atoms. The number of aliphatic hydroxyl groups is 1. The summed E-state index contributed by atoms with van der Waals surface area (Å²) in [5.74, 6) is 0.481. The molecule has 102 valence electrons. The number of aliphatic hydroxyl groups excluding tert-OH is 1. The lowest BCUT2D eigenvalue weighted by Gasteiger charge is -2.10. The molecule has 0 saturated heterocycles. The predicted octanol–water partition coefficient (Wildman–Crippen LogP) is 2.40. The number of anilines is 1. The van der Waals surface area contributed by atoms with E-state index in [-0.39, 0.29) is 17.6 Å². The zero-order valence-electron chi connectivity index (χ0n) is 9.79. The van der Waals surface area contributed by atoms with Gasteiger partial charge in [-0.15, -0.1) is 11.8 Å². The van der Waals surface area contributed by atoms with Gasteiger partial charge in [0.15, 0.2) is 5.69 Å². The zero-order valence-corrected chi connectivity index (χ0v) is 10.6. The Morgan fingerprint density at radius 3 is 2.67 bits per heavy atom. The molecule has 0 saturated carbocycles. The number of hydrogen-bond acceptors (Lipinski definition) is 5. The smallest absolute Gasteiger partial charge is 0.396 e. The van der Waals surface area contributed by atoms with Gasteiger partial charge in [-0.25, -0.2) is 9.97 Å². The molecule has 0 atom stereocenters. The Bertz CT molecular complexity index is 387. The average Bonchev–Trinajstić information content (AvgIpc) is 2.28. The standard InChI is InChI=1S/C10H14F3N3OS/c1-2-14-9-15-7(10(11,12)13)6-8(16-9)18-5-3-4-17/h6,17H,2-5H2,1H3,(H,14,15,16). The maximum Gasteiger partial charge on any atom is 0.433 e. The van der Waals surface area contributed by atoms with Crippen LogP contribution in [0.4, 0.5) is 19.1 Å². The van der Waals surface area contributed by atoms with Crippen molar-refractivity contribution in [3.05, 3.63) is 11.8 Å². The van der Waals surface area contributed by atoms with Crippen LogP contribution in [0.25, 0.3) is 0 Å². The van der Waals surface area contributed by atoms with Gasteiger partial charge in [0.2, 0.25) is 5.95 Å². The fourth-order valence-corrected chi connectivity index (χ4v) is 1.95. The van der Waals surface area contributed by atoms with Crippen molar-refractivity contribution in [2.45, 2.75) is 24.5 Å². The molecule has 0 radical (unpaired) electrons. The van der Waals surface area contributed by atoms with Crippen LogP contribution in [0.15, 0.2) is 11.1 Å². The van der Waals surface area contributed by atoms with E-state index >= 15 is 0 Å². The molecule has 1 rings (SSSR count). The highest BCUT2D eigenvalue weighted by Gasteiger charge is 2.33. The van der Waals surface area contributed by atoms with Gasteiger partial charge in [0.25, 0.3) is 0 Å². The van der Waals surface area contributed by atoms with Gasteiger partial charge < -0.3 is 10.4 Å². The Balaban J connectivity index is 2.91. The predicted molar refractivity (Wildman–Crippen MR) is 63.6 cm³/mol. The van der Waals surface area contributed by atoms with Gasteiger partial charge in [-0.05, 0) is 13.3 Å². The SMILES string of the molecule is CCNc1nc(SCCCO)cc(C(F)(F)F)n1. The second-order valence-electron chi connectivity index (χ2n) is 3.37. The third-order valence-corrected chi connectivity index (χ3v) is 2.88. The van der Waals surface area contributed by atoms with Crippen molar-refractivity contribution in [2.24, 2.45) is 0 Å². The first kappa shape index (κ1) is 15.0. The molecule has 0 spiro atoms. The molecular weight excluding hydrogens is 267 g/mol. The number of nitrogens with zero attached hydrogens (tertiary/aromatic N) is 2. The zero-order chi connectivity index (χ0) is 13.6. The Morgan fingerprint density at radius 2 is 2.11 bits per heavy atom. The topological polar surface area (TPSA) is 58.0 Å². The number of nitrogens with one attached hydrogen (secondary N) is 1. The van der Waals surface area contributed by atoms with Crippen LogP contribution in [0.3, 0.4) is 0 Å². The highest BCUT2D eigenvalue weighted by Crippen LogP contribution is 2.30. The van der Waals surface area contributed by atoms with Crippen LogP contribution in [0.2, 0.25) is 0 Å². The monoisotopic (exact) mass is 281 g/mol. The van der Waals surface area contributed by atoms with Gasteiger partial charge in [-0.3, -0.25) is 0 Å². The molecule has 0 aliphatic heterocycles. The van der Waals surface area contributed by atoms with E-state index in [2.05, 4.69) is 15.3 Å². The van der Waals surface area contributed by atoms with Gasteiger partial charge in [0, 0.05) is 25.0 Å². The van der Waals surface area contributed by atoms with E-state index in [0.29, 0.717) is 18.7 Å². The Hall–Kier alpha value is -1.02. The summed E-state index contributed by atoms with van der Waals surface area (Å²) in [5.41, 5.74) is -0.958. The molecule has 0 amide bonds. The summed E-state index contributed by atoms with van der Waals surface area (Å²) < 4.78 is 37.8. The maximum absolute atomic E-state index is 12.6. The quantitative estimate of drug-likeness (QED) is 0.476. The number of thioether (sulfide) groups is 1. The lowest BCUT2D eigenvalue weighted by atomic mass is 10.4. The summed E-state index contributed by atoms with van der Waals surface area (Å²) >= 11 is 1.16. The second kappa shape index (κ2) is 6.79. The van der Waals surface area contributed by atoms with Crippen LogP contribution in [-0.4, -0.2) is 34.0 Å². The van der Waals surface area contributed by atoms with Gasteiger partial charge >= 0.3 is 6.18 Å². The lowest BCUT2D eigenvalue weighted by molar-refractivity contribution is -0.141. The number of aromatic nitrogens is 2. The number of alkyl halides is 3. The third kappa shape index (κ3) is 4.69. The maximum atomic E-state index is 12.6.